The number of halogens is 2. The van der Waals surface area contributed by atoms with Crippen LogP contribution in [0.3, 0.4) is 0 Å². The second kappa shape index (κ2) is 6.39. The lowest BCUT2D eigenvalue weighted by Gasteiger charge is -2.16. The van der Waals surface area contributed by atoms with Gasteiger partial charge in [-0.3, -0.25) is 0 Å². The van der Waals surface area contributed by atoms with Crippen LogP contribution in [0.5, 0.6) is 5.75 Å². The minimum absolute atomic E-state index is 0.236. The highest BCUT2D eigenvalue weighted by atomic mass is 35.5. The van der Waals surface area contributed by atoms with Gasteiger partial charge in [0.05, 0.1) is 18.6 Å². The molecule has 2 unspecified atom stereocenters. The molecule has 1 saturated heterocycles. The predicted octanol–water partition coefficient (Wildman–Crippen LogP) is 4.07. The quantitative estimate of drug-likeness (QED) is 0.752. The minimum Gasteiger partial charge on any atom is -0.496 e. The molecule has 1 aromatic rings. The lowest BCUT2D eigenvalue weighted by atomic mass is 10.0. The molecule has 0 N–H and O–H groups in total. The molecule has 0 spiro atoms. The van der Waals surface area contributed by atoms with Gasteiger partial charge in [0.2, 0.25) is 0 Å². The van der Waals surface area contributed by atoms with Crippen molar-refractivity contribution in [1.29, 1.82) is 0 Å². The monoisotopic (exact) mass is 272 g/mol. The van der Waals surface area contributed by atoms with E-state index in [1.54, 1.807) is 13.2 Å². The van der Waals surface area contributed by atoms with Crippen molar-refractivity contribution in [3.05, 3.63) is 29.6 Å². The molecule has 1 aliphatic rings. The van der Waals surface area contributed by atoms with Crippen LogP contribution in [0.25, 0.3) is 0 Å². The molecule has 0 bridgehead atoms. The lowest BCUT2D eigenvalue weighted by Crippen LogP contribution is -2.06. The first-order chi connectivity index (χ1) is 8.70. The topological polar surface area (TPSA) is 18.5 Å². The van der Waals surface area contributed by atoms with Gasteiger partial charge in [0, 0.05) is 12.2 Å². The second-order valence-electron chi connectivity index (χ2n) is 4.57. The molecule has 4 heteroatoms. The summed E-state index contributed by atoms with van der Waals surface area (Å²) >= 11 is 6.34. The largest absolute Gasteiger partial charge is 0.496 e. The number of benzene rings is 1. The molecule has 0 saturated carbocycles. The van der Waals surface area contributed by atoms with E-state index in [4.69, 9.17) is 21.1 Å². The lowest BCUT2D eigenvalue weighted by molar-refractivity contribution is 0.102. The third-order valence-corrected chi connectivity index (χ3v) is 3.75. The third-order valence-electron chi connectivity index (χ3n) is 3.30. The van der Waals surface area contributed by atoms with Crippen molar-refractivity contribution in [3.63, 3.8) is 0 Å². The van der Waals surface area contributed by atoms with E-state index in [2.05, 4.69) is 0 Å². The van der Waals surface area contributed by atoms with Crippen LogP contribution >= 0.6 is 11.6 Å². The highest BCUT2D eigenvalue weighted by Gasteiger charge is 2.20. The summed E-state index contributed by atoms with van der Waals surface area (Å²) in [5.41, 5.74) is 0.720. The molecule has 100 valence electrons. The highest BCUT2D eigenvalue weighted by Crippen LogP contribution is 2.34. The zero-order valence-electron chi connectivity index (χ0n) is 10.5. The summed E-state index contributed by atoms with van der Waals surface area (Å²) in [6, 6.07) is 4.45. The standard InChI is InChI=1S/C14H18ClFO2/c1-17-14-7-4-10(16)9-12(14)13(15)6-5-11-3-2-8-18-11/h4,7,9,11,13H,2-3,5-6,8H2,1H3. The molecule has 1 fully saturated rings. The van der Waals surface area contributed by atoms with E-state index in [1.807, 2.05) is 0 Å². The number of hydrogen-bond acceptors (Lipinski definition) is 2. The molecule has 2 nitrogen and oxygen atoms in total. The van der Waals surface area contributed by atoms with Crippen molar-refractivity contribution in [2.24, 2.45) is 0 Å². The van der Waals surface area contributed by atoms with E-state index >= 15 is 0 Å². The number of hydrogen-bond donors (Lipinski definition) is 0. The maximum Gasteiger partial charge on any atom is 0.123 e. The van der Waals surface area contributed by atoms with Crippen LogP contribution in [0, 0.1) is 5.82 Å². The first kappa shape index (κ1) is 13.6. The van der Waals surface area contributed by atoms with Gasteiger partial charge in [0.15, 0.2) is 0 Å². The van der Waals surface area contributed by atoms with Gasteiger partial charge in [-0.15, -0.1) is 11.6 Å². The van der Waals surface area contributed by atoms with Crippen LogP contribution < -0.4 is 4.74 Å². The molecule has 0 aliphatic carbocycles. The van der Waals surface area contributed by atoms with Crippen molar-refractivity contribution >= 4 is 11.6 Å². The number of ether oxygens (including phenoxy) is 2. The van der Waals surface area contributed by atoms with Crippen molar-refractivity contribution in [1.82, 2.24) is 0 Å². The van der Waals surface area contributed by atoms with Crippen molar-refractivity contribution in [2.75, 3.05) is 13.7 Å². The van der Waals surface area contributed by atoms with E-state index in [9.17, 15) is 4.39 Å². The Balaban J connectivity index is 1.98. The van der Waals surface area contributed by atoms with E-state index in [0.717, 1.165) is 37.9 Å². The van der Waals surface area contributed by atoms with E-state index in [-0.39, 0.29) is 11.2 Å². The van der Waals surface area contributed by atoms with E-state index in [1.165, 1.54) is 12.1 Å². The summed E-state index contributed by atoms with van der Waals surface area (Å²) in [7, 11) is 1.57. The third kappa shape index (κ3) is 3.36. The Labute approximate surface area is 112 Å². The SMILES string of the molecule is COc1ccc(F)cc1C(Cl)CCC1CCCO1. The number of methoxy groups -OCH3 is 1. The molecule has 1 heterocycles. The molecular formula is C14H18ClFO2. The van der Waals surface area contributed by atoms with Crippen LogP contribution in [0.1, 0.15) is 36.6 Å². The maximum atomic E-state index is 13.2. The molecule has 2 atom stereocenters. The van der Waals surface area contributed by atoms with Gasteiger partial charge >= 0.3 is 0 Å². The molecule has 18 heavy (non-hydrogen) atoms. The van der Waals surface area contributed by atoms with E-state index < -0.39 is 0 Å². The molecule has 0 amide bonds. The van der Waals surface area contributed by atoms with Crippen molar-refractivity contribution in [2.45, 2.75) is 37.2 Å². The minimum atomic E-state index is -0.284. The van der Waals surface area contributed by atoms with Crippen molar-refractivity contribution in [3.8, 4) is 5.75 Å². The second-order valence-corrected chi connectivity index (χ2v) is 5.09. The Bertz CT molecular complexity index is 391. The summed E-state index contributed by atoms with van der Waals surface area (Å²) in [6.07, 6.45) is 4.22. The molecule has 0 aromatic heterocycles. The van der Waals surface area contributed by atoms with Crippen molar-refractivity contribution < 1.29 is 13.9 Å². The van der Waals surface area contributed by atoms with Gasteiger partial charge in [0.1, 0.15) is 11.6 Å². The molecular weight excluding hydrogens is 255 g/mol. The van der Waals surface area contributed by atoms with Gasteiger partial charge in [-0.05, 0) is 43.9 Å². The summed E-state index contributed by atoms with van der Waals surface area (Å²) in [4.78, 5) is 0. The van der Waals surface area contributed by atoms with E-state index in [0.29, 0.717) is 11.9 Å². The van der Waals surface area contributed by atoms with Gasteiger partial charge < -0.3 is 9.47 Å². The first-order valence-corrected chi connectivity index (χ1v) is 6.73. The molecule has 0 radical (unpaired) electrons. The first-order valence-electron chi connectivity index (χ1n) is 6.30. The zero-order chi connectivity index (χ0) is 13.0. The van der Waals surface area contributed by atoms with Gasteiger partial charge in [-0.2, -0.15) is 0 Å². The normalized spacial score (nSPS) is 20.9. The highest BCUT2D eigenvalue weighted by molar-refractivity contribution is 6.21. The van der Waals surface area contributed by atoms with Crippen LogP contribution in [0.4, 0.5) is 4.39 Å². The fourth-order valence-corrected chi connectivity index (χ4v) is 2.61. The number of rotatable bonds is 5. The Morgan fingerprint density at radius 1 is 1.56 bits per heavy atom. The Hall–Kier alpha value is -0.800. The molecule has 2 rings (SSSR count). The average Bonchev–Trinajstić information content (AvgIpc) is 2.89. The summed E-state index contributed by atoms with van der Waals surface area (Å²) in [5.74, 6) is 0.359. The summed E-state index contributed by atoms with van der Waals surface area (Å²) < 4.78 is 24.0. The van der Waals surface area contributed by atoms with Crippen LogP contribution in [0.2, 0.25) is 0 Å². The zero-order valence-corrected chi connectivity index (χ0v) is 11.3. The van der Waals surface area contributed by atoms with Gasteiger partial charge in [-0.1, -0.05) is 0 Å². The maximum absolute atomic E-state index is 13.2. The Morgan fingerprint density at radius 3 is 3.06 bits per heavy atom. The fraction of sp³-hybridized carbons (Fsp3) is 0.571. The van der Waals surface area contributed by atoms with Crippen LogP contribution in [-0.4, -0.2) is 19.8 Å². The summed E-state index contributed by atoms with van der Waals surface area (Å²) in [5, 5.41) is -0.236. The average molecular weight is 273 g/mol. The van der Waals surface area contributed by atoms with Crippen LogP contribution in [-0.2, 0) is 4.74 Å². The van der Waals surface area contributed by atoms with Gasteiger partial charge in [0.25, 0.3) is 0 Å². The molecule has 1 aliphatic heterocycles. The fourth-order valence-electron chi connectivity index (χ4n) is 2.31. The molecule has 1 aromatic carbocycles. The Morgan fingerprint density at radius 2 is 2.39 bits per heavy atom. The predicted molar refractivity (Wildman–Crippen MR) is 69.8 cm³/mol. The smallest absolute Gasteiger partial charge is 0.123 e. The Kier molecular flexibility index (Phi) is 4.84. The van der Waals surface area contributed by atoms with Crippen LogP contribution in [0.15, 0.2) is 18.2 Å². The summed E-state index contributed by atoms with van der Waals surface area (Å²) in [6.45, 7) is 0.848. The number of alkyl halides is 1. The van der Waals surface area contributed by atoms with Gasteiger partial charge in [-0.25, -0.2) is 4.39 Å².